The minimum atomic E-state index is -0.0547. The molecule has 1 aromatic rings. The van der Waals surface area contributed by atoms with Gasteiger partial charge >= 0.3 is 0 Å². The lowest BCUT2D eigenvalue weighted by molar-refractivity contribution is 0.266. The van der Waals surface area contributed by atoms with Gasteiger partial charge in [0.25, 0.3) is 0 Å². The second-order valence-corrected chi connectivity index (χ2v) is 4.14. The second kappa shape index (κ2) is 3.17. The molecule has 1 saturated carbocycles. The second-order valence-electron chi connectivity index (χ2n) is 4.14. The summed E-state index contributed by atoms with van der Waals surface area (Å²) >= 11 is 0. The lowest BCUT2D eigenvalue weighted by atomic mass is 10.1. The largest absolute Gasteiger partial charge is 0.399 e. The molecule has 1 aromatic carbocycles. The van der Waals surface area contributed by atoms with Gasteiger partial charge in [0.15, 0.2) is 0 Å². The van der Waals surface area contributed by atoms with Gasteiger partial charge < -0.3 is 16.2 Å². The minimum absolute atomic E-state index is 0.0547. The van der Waals surface area contributed by atoms with Crippen LogP contribution in [0.15, 0.2) is 18.2 Å². The van der Waals surface area contributed by atoms with Gasteiger partial charge in [-0.2, -0.15) is 0 Å². The number of aryl methyl sites for hydroxylation is 1. The number of aliphatic hydroxyl groups is 1. The lowest BCUT2D eigenvalue weighted by Crippen LogP contribution is -2.25. The average molecular weight is 192 g/mol. The zero-order valence-corrected chi connectivity index (χ0v) is 8.38. The molecular weight excluding hydrogens is 176 g/mol. The molecule has 3 nitrogen and oxygen atoms in total. The van der Waals surface area contributed by atoms with E-state index in [1.54, 1.807) is 0 Å². The van der Waals surface area contributed by atoms with Gasteiger partial charge in [0, 0.05) is 11.4 Å². The number of hydrogen-bond acceptors (Lipinski definition) is 3. The first-order valence-electron chi connectivity index (χ1n) is 4.90. The molecule has 0 aliphatic heterocycles. The molecule has 1 fully saturated rings. The van der Waals surface area contributed by atoms with E-state index >= 15 is 0 Å². The molecule has 0 saturated heterocycles. The van der Waals surface area contributed by atoms with Gasteiger partial charge in [-0.05, 0) is 43.5 Å². The maximum atomic E-state index is 9.18. The molecule has 0 amide bonds. The number of nitrogens with two attached hydrogens (primary N) is 1. The third kappa shape index (κ3) is 1.68. The summed E-state index contributed by atoms with van der Waals surface area (Å²) in [4.78, 5) is 0. The summed E-state index contributed by atoms with van der Waals surface area (Å²) in [6.45, 7) is 2.23. The Balaban J connectivity index is 2.17. The van der Waals surface area contributed by atoms with Crippen molar-refractivity contribution in [1.29, 1.82) is 0 Å². The van der Waals surface area contributed by atoms with Gasteiger partial charge in [0.2, 0.25) is 0 Å². The zero-order valence-electron chi connectivity index (χ0n) is 8.38. The maximum Gasteiger partial charge on any atom is 0.0661 e. The van der Waals surface area contributed by atoms with E-state index < -0.39 is 0 Å². The third-order valence-corrected chi connectivity index (χ3v) is 2.81. The highest BCUT2D eigenvalue weighted by molar-refractivity contribution is 5.59. The fraction of sp³-hybridized carbons (Fsp3) is 0.455. The van der Waals surface area contributed by atoms with Crippen LogP contribution in [-0.4, -0.2) is 17.3 Å². The third-order valence-electron chi connectivity index (χ3n) is 2.81. The molecule has 3 heteroatoms. The predicted molar refractivity (Wildman–Crippen MR) is 58.3 cm³/mol. The van der Waals surface area contributed by atoms with Gasteiger partial charge in [-0.25, -0.2) is 0 Å². The van der Waals surface area contributed by atoms with E-state index in [4.69, 9.17) is 5.73 Å². The van der Waals surface area contributed by atoms with Crippen LogP contribution in [0.3, 0.4) is 0 Å². The van der Waals surface area contributed by atoms with E-state index in [2.05, 4.69) is 5.32 Å². The van der Waals surface area contributed by atoms with Gasteiger partial charge in [-0.1, -0.05) is 0 Å². The number of nitrogen functional groups attached to an aromatic ring is 1. The summed E-state index contributed by atoms with van der Waals surface area (Å²) in [7, 11) is 0. The number of rotatable bonds is 3. The van der Waals surface area contributed by atoms with Crippen molar-refractivity contribution < 1.29 is 5.11 Å². The van der Waals surface area contributed by atoms with Crippen molar-refractivity contribution in [2.45, 2.75) is 25.3 Å². The van der Waals surface area contributed by atoms with Crippen LogP contribution in [-0.2, 0) is 0 Å². The number of hydrogen-bond donors (Lipinski definition) is 3. The molecule has 0 bridgehead atoms. The van der Waals surface area contributed by atoms with Crippen molar-refractivity contribution >= 4 is 11.4 Å². The fourth-order valence-electron chi connectivity index (χ4n) is 1.59. The molecular formula is C11H16N2O. The molecule has 76 valence electrons. The Morgan fingerprint density at radius 1 is 1.50 bits per heavy atom. The molecule has 1 aliphatic carbocycles. The molecule has 14 heavy (non-hydrogen) atoms. The Morgan fingerprint density at radius 3 is 2.71 bits per heavy atom. The van der Waals surface area contributed by atoms with E-state index in [9.17, 15) is 5.11 Å². The molecule has 0 unspecified atom stereocenters. The Hall–Kier alpha value is -1.22. The summed E-state index contributed by atoms with van der Waals surface area (Å²) in [5.74, 6) is 0. The van der Waals surface area contributed by atoms with Crippen molar-refractivity contribution in [1.82, 2.24) is 0 Å². The average Bonchev–Trinajstić information content (AvgIpc) is 2.91. The Kier molecular flexibility index (Phi) is 2.11. The number of aliphatic hydroxyl groups excluding tert-OH is 1. The van der Waals surface area contributed by atoms with Gasteiger partial charge in [-0.3, -0.25) is 0 Å². The standard InChI is InChI=1S/C11H16N2O/c1-8-6-9(12)2-3-10(8)13-11(7-14)4-5-11/h2-3,6,13-14H,4-5,7,12H2,1H3. The van der Waals surface area contributed by atoms with Crippen molar-refractivity contribution in [2.24, 2.45) is 0 Å². The summed E-state index contributed by atoms with van der Waals surface area (Å²) in [6, 6.07) is 5.79. The van der Waals surface area contributed by atoms with Gasteiger partial charge in [0.05, 0.1) is 12.1 Å². The summed E-state index contributed by atoms with van der Waals surface area (Å²) in [5, 5.41) is 12.5. The fourth-order valence-corrected chi connectivity index (χ4v) is 1.59. The van der Waals surface area contributed by atoms with Crippen molar-refractivity contribution in [3.63, 3.8) is 0 Å². The molecule has 0 heterocycles. The van der Waals surface area contributed by atoms with Crippen LogP contribution in [0.25, 0.3) is 0 Å². The normalized spacial score (nSPS) is 17.9. The Bertz CT molecular complexity index is 345. The Morgan fingerprint density at radius 2 is 2.21 bits per heavy atom. The zero-order chi connectivity index (χ0) is 10.2. The SMILES string of the molecule is Cc1cc(N)ccc1NC1(CO)CC1. The van der Waals surface area contributed by atoms with Crippen LogP contribution in [0.4, 0.5) is 11.4 Å². The van der Waals surface area contributed by atoms with Crippen LogP contribution in [0.5, 0.6) is 0 Å². The molecule has 4 N–H and O–H groups in total. The molecule has 1 aliphatic rings. The highest BCUT2D eigenvalue weighted by Gasteiger charge is 2.42. The smallest absolute Gasteiger partial charge is 0.0661 e. The van der Waals surface area contributed by atoms with Gasteiger partial charge in [0.1, 0.15) is 0 Å². The van der Waals surface area contributed by atoms with Crippen LogP contribution in [0.2, 0.25) is 0 Å². The maximum absolute atomic E-state index is 9.18. The first-order valence-corrected chi connectivity index (χ1v) is 4.90. The van der Waals surface area contributed by atoms with Crippen molar-refractivity contribution in [3.8, 4) is 0 Å². The van der Waals surface area contributed by atoms with Crippen LogP contribution in [0, 0.1) is 6.92 Å². The number of anilines is 2. The molecule has 0 atom stereocenters. The summed E-state index contributed by atoms with van der Waals surface area (Å²) < 4.78 is 0. The van der Waals surface area contributed by atoms with Crippen LogP contribution in [0.1, 0.15) is 18.4 Å². The van der Waals surface area contributed by atoms with Crippen molar-refractivity contribution in [2.75, 3.05) is 17.7 Å². The number of benzene rings is 1. The first-order chi connectivity index (χ1) is 6.65. The molecule has 0 radical (unpaired) electrons. The molecule has 2 rings (SSSR count). The van der Waals surface area contributed by atoms with Crippen LogP contribution >= 0.6 is 0 Å². The highest BCUT2D eigenvalue weighted by Crippen LogP contribution is 2.39. The summed E-state index contributed by atoms with van der Waals surface area (Å²) in [6.07, 6.45) is 2.10. The Labute approximate surface area is 83.9 Å². The summed E-state index contributed by atoms with van der Waals surface area (Å²) in [5.41, 5.74) is 8.59. The first kappa shape index (κ1) is 9.34. The van der Waals surface area contributed by atoms with E-state index in [1.807, 2.05) is 25.1 Å². The lowest BCUT2D eigenvalue weighted by Gasteiger charge is -2.17. The quantitative estimate of drug-likeness (QED) is 0.636. The number of nitrogens with one attached hydrogen (secondary N) is 1. The van der Waals surface area contributed by atoms with E-state index in [0.29, 0.717) is 0 Å². The predicted octanol–water partition coefficient (Wildman–Crippen LogP) is 1.51. The minimum Gasteiger partial charge on any atom is -0.399 e. The van der Waals surface area contributed by atoms with E-state index in [-0.39, 0.29) is 12.1 Å². The monoisotopic (exact) mass is 192 g/mol. The van der Waals surface area contributed by atoms with Gasteiger partial charge in [-0.15, -0.1) is 0 Å². The van der Waals surface area contributed by atoms with Crippen LogP contribution < -0.4 is 11.1 Å². The molecule has 0 spiro atoms. The van der Waals surface area contributed by atoms with E-state index in [0.717, 1.165) is 29.8 Å². The van der Waals surface area contributed by atoms with Crippen molar-refractivity contribution in [3.05, 3.63) is 23.8 Å². The molecule has 0 aromatic heterocycles. The topological polar surface area (TPSA) is 58.3 Å². The van der Waals surface area contributed by atoms with E-state index in [1.165, 1.54) is 0 Å². The highest BCUT2D eigenvalue weighted by atomic mass is 16.3.